The van der Waals surface area contributed by atoms with Crippen molar-refractivity contribution in [1.82, 2.24) is 14.9 Å². The minimum atomic E-state index is -0.706. The second kappa shape index (κ2) is 9.38. The number of benzene rings is 1. The van der Waals surface area contributed by atoms with Gasteiger partial charge in [-0.2, -0.15) is 11.8 Å². The van der Waals surface area contributed by atoms with Crippen LogP contribution in [0.2, 0.25) is 0 Å². The van der Waals surface area contributed by atoms with Gasteiger partial charge in [-0.15, -0.1) is 0 Å². The molecule has 1 saturated heterocycles. The molecule has 9 heteroatoms. The number of thioether (sulfide) groups is 1. The zero-order valence-corrected chi connectivity index (χ0v) is 18.8. The number of imidazole rings is 1. The average molecular weight is 458 g/mol. The van der Waals surface area contributed by atoms with Crippen LogP contribution in [0.1, 0.15) is 36.6 Å². The maximum absolute atomic E-state index is 12.9. The monoisotopic (exact) mass is 457 g/mol. The summed E-state index contributed by atoms with van der Waals surface area (Å²) in [6.45, 7) is 2.31. The summed E-state index contributed by atoms with van der Waals surface area (Å²) < 4.78 is 7.69. The number of para-hydroxylation sites is 2. The number of aromatic nitrogens is 2. The van der Waals surface area contributed by atoms with E-state index < -0.39 is 16.6 Å². The van der Waals surface area contributed by atoms with E-state index in [9.17, 15) is 19.8 Å². The second-order valence-electron chi connectivity index (χ2n) is 8.14. The summed E-state index contributed by atoms with van der Waals surface area (Å²) in [6, 6.07) is 8.88. The number of nitrogens with one attached hydrogen (secondary N) is 1. The van der Waals surface area contributed by atoms with Crippen molar-refractivity contribution in [1.29, 1.82) is 0 Å². The van der Waals surface area contributed by atoms with Gasteiger partial charge >= 0.3 is 0 Å². The lowest BCUT2D eigenvalue weighted by molar-refractivity contribution is -0.122. The Labute approximate surface area is 189 Å². The van der Waals surface area contributed by atoms with Crippen molar-refractivity contribution < 1.29 is 19.4 Å². The third kappa shape index (κ3) is 4.40. The van der Waals surface area contributed by atoms with E-state index in [1.165, 1.54) is 6.07 Å². The van der Waals surface area contributed by atoms with Crippen LogP contribution in [-0.2, 0) is 23.4 Å². The smallest absolute Gasteiger partial charge is 0.227 e. The number of hydrogen-bond acceptors (Lipinski definition) is 7. The van der Waals surface area contributed by atoms with Gasteiger partial charge in [0.1, 0.15) is 18.2 Å². The summed E-state index contributed by atoms with van der Waals surface area (Å²) in [6.07, 6.45) is 1.42. The number of aliphatic hydroxyl groups excluding tert-OH is 1. The molecule has 4 rings (SSSR count). The van der Waals surface area contributed by atoms with Crippen LogP contribution in [0.15, 0.2) is 39.5 Å². The Morgan fingerprint density at radius 3 is 2.81 bits per heavy atom. The molecule has 1 fully saturated rings. The van der Waals surface area contributed by atoms with Crippen LogP contribution < -0.4 is 10.7 Å². The number of aryl methyl sites for hydroxylation is 1. The number of carbonyl (C=O) groups excluding carboxylic acids is 1. The van der Waals surface area contributed by atoms with Crippen LogP contribution in [0.4, 0.5) is 0 Å². The zero-order chi connectivity index (χ0) is 22.7. The van der Waals surface area contributed by atoms with Crippen LogP contribution in [0, 0.1) is 6.92 Å². The van der Waals surface area contributed by atoms with E-state index in [0.717, 1.165) is 22.5 Å². The molecule has 8 nitrogen and oxygen atoms in total. The summed E-state index contributed by atoms with van der Waals surface area (Å²) in [5, 5.41) is 23.0. The fraction of sp³-hybridized carbons (Fsp3) is 0.435. The first-order valence-corrected chi connectivity index (χ1v) is 11.8. The lowest BCUT2D eigenvalue weighted by Crippen LogP contribution is -2.39. The number of fused-ring (bicyclic) bond motifs is 1. The number of carbonyl (C=O) groups is 1. The number of amides is 1. The molecule has 0 saturated carbocycles. The molecule has 0 atom stereocenters. The Hall–Kier alpha value is -2.78. The van der Waals surface area contributed by atoms with Gasteiger partial charge in [0, 0.05) is 31.0 Å². The summed E-state index contributed by atoms with van der Waals surface area (Å²) in [5.41, 5.74) is 0.512. The topological polar surface area (TPSA) is 118 Å². The van der Waals surface area contributed by atoms with Gasteiger partial charge in [0.05, 0.1) is 11.0 Å². The van der Waals surface area contributed by atoms with Crippen molar-refractivity contribution in [3.63, 3.8) is 0 Å². The number of rotatable bonds is 7. The maximum Gasteiger partial charge on any atom is 0.227 e. The highest BCUT2D eigenvalue weighted by molar-refractivity contribution is 7.99. The number of hydrogen-bond donors (Lipinski definition) is 3. The first-order chi connectivity index (χ1) is 15.4. The van der Waals surface area contributed by atoms with E-state index in [-0.39, 0.29) is 24.7 Å². The van der Waals surface area contributed by atoms with Gasteiger partial charge in [-0.3, -0.25) is 9.59 Å². The Kier molecular flexibility index (Phi) is 6.57. The van der Waals surface area contributed by atoms with Crippen molar-refractivity contribution in [2.75, 3.05) is 18.1 Å². The van der Waals surface area contributed by atoms with Gasteiger partial charge in [0.25, 0.3) is 0 Å². The molecule has 0 aliphatic carbocycles. The first kappa shape index (κ1) is 22.4. The van der Waals surface area contributed by atoms with Gasteiger partial charge in [-0.05, 0) is 43.4 Å². The Morgan fingerprint density at radius 1 is 1.31 bits per heavy atom. The van der Waals surface area contributed by atoms with Gasteiger partial charge in [0.2, 0.25) is 17.1 Å². The molecule has 1 aliphatic heterocycles. The van der Waals surface area contributed by atoms with Crippen molar-refractivity contribution in [2.45, 2.75) is 44.8 Å². The molecule has 2 aromatic heterocycles. The Morgan fingerprint density at radius 2 is 2.06 bits per heavy atom. The minimum Gasteiger partial charge on any atom is -0.502 e. The Balaban J connectivity index is 1.49. The molecule has 32 heavy (non-hydrogen) atoms. The van der Waals surface area contributed by atoms with Crippen LogP contribution in [0.5, 0.6) is 5.75 Å². The number of aliphatic hydroxyl groups is 1. The molecular weight excluding hydrogens is 430 g/mol. The molecule has 170 valence electrons. The van der Waals surface area contributed by atoms with Crippen LogP contribution in [-0.4, -0.2) is 43.7 Å². The third-order valence-electron chi connectivity index (χ3n) is 6.01. The predicted octanol–water partition coefficient (Wildman–Crippen LogP) is 2.47. The molecule has 3 heterocycles. The third-order valence-corrected chi connectivity index (χ3v) is 6.99. The predicted molar refractivity (Wildman–Crippen MR) is 123 cm³/mol. The molecule has 1 amide bonds. The summed E-state index contributed by atoms with van der Waals surface area (Å²) >= 11 is 1.79. The first-order valence-electron chi connectivity index (χ1n) is 10.7. The van der Waals surface area contributed by atoms with Gasteiger partial charge < -0.3 is 24.5 Å². The van der Waals surface area contributed by atoms with Gasteiger partial charge in [0.15, 0.2) is 5.76 Å². The number of nitrogens with zero attached hydrogens (tertiary/aromatic N) is 2. The van der Waals surface area contributed by atoms with Gasteiger partial charge in [-0.1, -0.05) is 12.1 Å². The Bertz CT molecular complexity index is 1180. The summed E-state index contributed by atoms with van der Waals surface area (Å²) in [5.74, 6) is 2.28. The standard InChI is InChI=1S/C23H27N3O5S/c1-15-12-18(28)21(30)22(31-15)23(6-10-32-11-7-23)13-20(29)24-8-9-26-17-5-3-2-4-16(17)25-19(26)14-27/h2-5,12,27,30H,6-11,13-14H2,1H3,(H,24,29). The molecule has 0 bridgehead atoms. The van der Waals surface area contributed by atoms with Crippen molar-refractivity contribution in [3.8, 4) is 5.75 Å². The minimum absolute atomic E-state index is 0.130. The van der Waals surface area contributed by atoms with Crippen LogP contribution in [0.25, 0.3) is 11.0 Å². The zero-order valence-electron chi connectivity index (χ0n) is 18.0. The highest BCUT2D eigenvalue weighted by Crippen LogP contribution is 2.43. The SMILES string of the molecule is Cc1cc(=O)c(O)c(C2(CC(=O)NCCn3c(CO)nc4ccccc43)CCSCC2)o1. The van der Waals surface area contributed by atoms with E-state index in [1.807, 2.05) is 28.8 Å². The van der Waals surface area contributed by atoms with Crippen molar-refractivity contribution in [2.24, 2.45) is 0 Å². The molecule has 3 aromatic rings. The second-order valence-corrected chi connectivity index (χ2v) is 9.37. The molecule has 1 aromatic carbocycles. The van der Waals surface area contributed by atoms with E-state index in [1.54, 1.807) is 18.7 Å². The molecule has 0 radical (unpaired) electrons. The number of aromatic hydroxyl groups is 1. The highest BCUT2D eigenvalue weighted by atomic mass is 32.2. The van der Waals surface area contributed by atoms with Crippen LogP contribution >= 0.6 is 11.8 Å². The quantitative estimate of drug-likeness (QED) is 0.499. The fourth-order valence-electron chi connectivity index (χ4n) is 4.38. The summed E-state index contributed by atoms with van der Waals surface area (Å²) in [4.78, 5) is 29.5. The van der Waals surface area contributed by atoms with E-state index in [4.69, 9.17) is 4.42 Å². The van der Waals surface area contributed by atoms with Crippen molar-refractivity contribution in [3.05, 3.63) is 57.9 Å². The highest BCUT2D eigenvalue weighted by Gasteiger charge is 2.41. The fourth-order valence-corrected chi connectivity index (χ4v) is 5.66. The molecule has 1 aliphatic rings. The van der Waals surface area contributed by atoms with Gasteiger partial charge in [-0.25, -0.2) is 4.98 Å². The van der Waals surface area contributed by atoms with Crippen LogP contribution in [0.3, 0.4) is 0 Å². The maximum atomic E-state index is 12.9. The lowest BCUT2D eigenvalue weighted by Gasteiger charge is -2.35. The van der Waals surface area contributed by atoms with E-state index in [2.05, 4.69) is 10.3 Å². The van der Waals surface area contributed by atoms with Crippen molar-refractivity contribution >= 4 is 28.7 Å². The molecular formula is C23H27N3O5S. The van der Waals surface area contributed by atoms with E-state index >= 15 is 0 Å². The lowest BCUT2D eigenvalue weighted by atomic mass is 9.75. The molecule has 0 unspecified atom stereocenters. The largest absolute Gasteiger partial charge is 0.502 e. The van der Waals surface area contributed by atoms with E-state index in [0.29, 0.717) is 37.5 Å². The normalized spacial score (nSPS) is 15.7. The summed E-state index contributed by atoms with van der Waals surface area (Å²) in [7, 11) is 0. The average Bonchev–Trinajstić information content (AvgIpc) is 3.14. The molecule has 3 N–H and O–H groups in total. The molecule has 0 spiro atoms.